The molecule has 5 heteroatoms. The van der Waals surface area contributed by atoms with E-state index >= 15 is 0 Å². The molecule has 1 atom stereocenters. The van der Waals surface area contributed by atoms with Gasteiger partial charge in [-0.2, -0.15) is 0 Å². The van der Waals surface area contributed by atoms with Crippen LogP contribution >= 0.6 is 0 Å². The second-order valence-corrected chi connectivity index (χ2v) is 5.13. The Kier molecular flexibility index (Phi) is 2.95. The fraction of sp³-hybridized carbons (Fsp3) is 0.667. The molecule has 1 aliphatic rings. The number of aromatic nitrogens is 2. The molecular formula is C12H20N4O. The largest absolute Gasteiger partial charge is 0.368 e. The molecule has 1 unspecified atom stereocenters. The minimum atomic E-state index is -1.02. The van der Waals surface area contributed by atoms with Crippen LogP contribution < -0.4 is 11.5 Å². The molecule has 1 aliphatic carbocycles. The number of fused-ring (bicyclic) bond motifs is 1. The van der Waals surface area contributed by atoms with Crippen molar-refractivity contribution in [1.29, 1.82) is 0 Å². The van der Waals surface area contributed by atoms with Gasteiger partial charge in [-0.05, 0) is 39.5 Å². The average Bonchev–Trinajstić information content (AvgIpc) is 2.55. The first-order chi connectivity index (χ1) is 7.92. The zero-order valence-corrected chi connectivity index (χ0v) is 10.5. The van der Waals surface area contributed by atoms with E-state index in [4.69, 9.17) is 11.5 Å². The van der Waals surface area contributed by atoms with Gasteiger partial charge < -0.3 is 16.0 Å². The normalized spacial score (nSPS) is 18.5. The minimum absolute atomic E-state index is 0.413. The maximum absolute atomic E-state index is 11.3. The summed E-state index contributed by atoms with van der Waals surface area (Å²) in [5.74, 6) is 0.449. The van der Waals surface area contributed by atoms with Crippen molar-refractivity contribution in [1.82, 2.24) is 9.55 Å². The Morgan fingerprint density at radius 1 is 1.47 bits per heavy atom. The Bertz CT molecular complexity index is 448. The van der Waals surface area contributed by atoms with E-state index < -0.39 is 11.4 Å². The number of aryl methyl sites for hydroxylation is 2. The molecule has 0 aromatic carbocycles. The van der Waals surface area contributed by atoms with Gasteiger partial charge in [-0.25, -0.2) is 4.98 Å². The Morgan fingerprint density at radius 2 is 2.12 bits per heavy atom. The van der Waals surface area contributed by atoms with Gasteiger partial charge in [-0.1, -0.05) is 0 Å². The molecule has 1 heterocycles. The number of hydrogen-bond acceptors (Lipinski definition) is 3. The van der Waals surface area contributed by atoms with Crippen molar-refractivity contribution in [3.63, 3.8) is 0 Å². The number of primary amides is 1. The van der Waals surface area contributed by atoms with Crippen molar-refractivity contribution >= 4 is 5.91 Å². The third-order valence-electron chi connectivity index (χ3n) is 3.47. The number of nitrogens with two attached hydrogens (primary N) is 2. The number of imidazole rings is 1. The zero-order chi connectivity index (χ0) is 12.6. The number of carbonyl (C=O) groups is 1. The molecule has 5 nitrogen and oxygen atoms in total. The lowest BCUT2D eigenvalue weighted by Gasteiger charge is -2.24. The van der Waals surface area contributed by atoms with Gasteiger partial charge in [0.1, 0.15) is 11.4 Å². The third-order valence-corrected chi connectivity index (χ3v) is 3.47. The van der Waals surface area contributed by atoms with Crippen LogP contribution in [-0.2, 0) is 24.2 Å². The number of carbonyl (C=O) groups excluding carboxylic acids is 1. The highest BCUT2D eigenvalue weighted by Crippen LogP contribution is 2.23. The van der Waals surface area contributed by atoms with Crippen LogP contribution in [0.5, 0.6) is 0 Å². The lowest BCUT2D eigenvalue weighted by atomic mass is 9.99. The van der Waals surface area contributed by atoms with Crippen molar-refractivity contribution < 1.29 is 4.79 Å². The number of amides is 1. The van der Waals surface area contributed by atoms with Crippen molar-refractivity contribution in [2.45, 2.75) is 51.6 Å². The van der Waals surface area contributed by atoms with Gasteiger partial charge in [-0.15, -0.1) is 0 Å². The molecule has 0 fully saturated rings. The van der Waals surface area contributed by atoms with Crippen molar-refractivity contribution in [3.8, 4) is 0 Å². The summed E-state index contributed by atoms with van der Waals surface area (Å²) in [5, 5.41) is 0. The van der Waals surface area contributed by atoms with Crippen LogP contribution in [-0.4, -0.2) is 21.0 Å². The van der Waals surface area contributed by atoms with Crippen LogP contribution in [0.1, 0.15) is 37.0 Å². The predicted octanol–water partition coefficient (Wildman–Crippen LogP) is 0.273. The predicted molar refractivity (Wildman–Crippen MR) is 65.4 cm³/mol. The smallest absolute Gasteiger partial charge is 0.239 e. The van der Waals surface area contributed by atoms with Gasteiger partial charge in [0.25, 0.3) is 0 Å². The first-order valence-corrected chi connectivity index (χ1v) is 6.05. The highest BCUT2D eigenvalue weighted by atomic mass is 16.1. The van der Waals surface area contributed by atoms with Crippen LogP contribution in [0.4, 0.5) is 0 Å². The van der Waals surface area contributed by atoms with Crippen LogP contribution in [0.2, 0.25) is 0 Å². The van der Waals surface area contributed by atoms with E-state index in [0.29, 0.717) is 6.54 Å². The van der Waals surface area contributed by atoms with Crippen LogP contribution in [0.3, 0.4) is 0 Å². The van der Waals surface area contributed by atoms with Crippen molar-refractivity contribution in [3.05, 3.63) is 17.2 Å². The van der Waals surface area contributed by atoms with E-state index in [1.54, 1.807) is 6.92 Å². The molecule has 17 heavy (non-hydrogen) atoms. The summed E-state index contributed by atoms with van der Waals surface area (Å²) in [6, 6.07) is 0. The van der Waals surface area contributed by atoms with Crippen LogP contribution in [0.15, 0.2) is 0 Å². The van der Waals surface area contributed by atoms with Crippen molar-refractivity contribution in [2.75, 3.05) is 0 Å². The summed E-state index contributed by atoms with van der Waals surface area (Å²) in [6.45, 7) is 4.04. The van der Waals surface area contributed by atoms with E-state index in [2.05, 4.69) is 9.55 Å². The highest BCUT2D eigenvalue weighted by Gasteiger charge is 2.29. The van der Waals surface area contributed by atoms with E-state index in [0.717, 1.165) is 24.4 Å². The Balaban J connectivity index is 2.33. The average molecular weight is 236 g/mol. The Hall–Kier alpha value is -1.36. The highest BCUT2D eigenvalue weighted by molar-refractivity contribution is 5.83. The van der Waals surface area contributed by atoms with Crippen molar-refractivity contribution in [2.24, 2.45) is 11.5 Å². The molecule has 0 radical (unpaired) electrons. The van der Waals surface area contributed by atoms with Gasteiger partial charge in [0.05, 0.1) is 12.2 Å². The second-order valence-electron chi connectivity index (χ2n) is 5.13. The molecule has 0 spiro atoms. The summed E-state index contributed by atoms with van der Waals surface area (Å²) in [7, 11) is 0. The summed E-state index contributed by atoms with van der Waals surface area (Å²) in [5.41, 5.74) is 12.6. The molecule has 4 N–H and O–H groups in total. The monoisotopic (exact) mass is 236 g/mol. The van der Waals surface area contributed by atoms with E-state index in [1.807, 2.05) is 6.92 Å². The SMILES string of the molecule is Cc1nc2c(n1CC(C)(N)C(N)=O)CCCC2. The zero-order valence-electron chi connectivity index (χ0n) is 10.5. The quantitative estimate of drug-likeness (QED) is 0.790. The minimum Gasteiger partial charge on any atom is -0.368 e. The van der Waals surface area contributed by atoms with Crippen LogP contribution in [0.25, 0.3) is 0 Å². The van der Waals surface area contributed by atoms with Gasteiger partial charge in [-0.3, -0.25) is 4.79 Å². The molecule has 1 amide bonds. The molecular weight excluding hydrogens is 216 g/mol. The molecule has 0 saturated heterocycles. The maximum atomic E-state index is 11.3. The lowest BCUT2D eigenvalue weighted by molar-refractivity contribution is -0.123. The standard InChI is InChI=1S/C12H20N4O/c1-8-15-9-5-3-4-6-10(9)16(8)7-12(2,14)11(13)17/h3-7,14H2,1-2H3,(H2,13,17). The fourth-order valence-electron chi connectivity index (χ4n) is 2.35. The van der Waals surface area contributed by atoms with Gasteiger partial charge in [0.15, 0.2) is 0 Å². The number of hydrogen-bond donors (Lipinski definition) is 2. The summed E-state index contributed by atoms with van der Waals surface area (Å²) in [4.78, 5) is 15.8. The van der Waals surface area contributed by atoms with E-state index in [1.165, 1.54) is 18.5 Å². The topological polar surface area (TPSA) is 86.9 Å². The second kappa shape index (κ2) is 4.14. The first-order valence-electron chi connectivity index (χ1n) is 6.05. The molecule has 1 aromatic heterocycles. The molecule has 0 bridgehead atoms. The number of rotatable bonds is 3. The molecule has 94 valence electrons. The molecule has 0 saturated carbocycles. The summed E-state index contributed by atoms with van der Waals surface area (Å²) in [6.07, 6.45) is 4.42. The Morgan fingerprint density at radius 3 is 2.76 bits per heavy atom. The van der Waals surface area contributed by atoms with E-state index in [-0.39, 0.29) is 0 Å². The van der Waals surface area contributed by atoms with Gasteiger partial charge in [0, 0.05) is 5.69 Å². The summed E-state index contributed by atoms with van der Waals surface area (Å²) >= 11 is 0. The van der Waals surface area contributed by atoms with Gasteiger partial charge in [0.2, 0.25) is 5.91 Å². The van der Waals surface area contributed by atoms with Gasteiger partial charge >= 0.3 is 0 Å². The van der Waals surface area contributed by atoms with Crippen LogP contribution in [0, 0.1) is 6.92 Å². The Labute approximate surface area is 101 Å². The molecule has 0 aliphatic heterocycles. The summed E-state index contributed by atoms with van der Waals surface area (Å²) < 4.78 is 2.05. The first kappa shape index (κ1) is 12.1. The number of nitrogens with zero attached hydrogens (tertiary/aromatic N) is 2. The third kappa shape index (κ3) is 2.20. The maximum Gasteiger partial charge on any atom is 0.239 e. The fourth-order valence-corrected chi connectivity index (χ4v) is 2.35. The molecule has 2 rings (SSSR count). The van der Waals surface area contributed by atoms with E-state index in [9.17, 15) is 4.79 Å². The lowest BCUT2D eigenvalue weighted by Crippen LogP contribution is -2.52. The molecule has 1 aromatic rings.